The van der Waals surface area contributed by atoms with Gasteiger partial charge in [-0.15, -0.1) is 0 Å². The van der Waals surface area contributed by atoms with Crippen molar-refractivity contribution < 1.29 is 9.59 Å². The van der Waals surface area contributed by atoms with E-state index in [0.717, 1.165) is 6.42 Å². The smallest absolute Gasteiger partial charge is 0.220 e. The van der Waals surface area contributed by atoms with Gasteiger partial charge in [0.2, 0.25) is 11.8 Å². The van der Waals surface area contributed by atoms with E-state index in [4.69, 9.17) is 5.73 Å². The third-order valence-corrected chi connectivity index (χ3v) is 1.89. The minimum atomic E-state index is -0.417. The molecule has 0 aromatic carbocycles. The van der Waals surface area contributed by atoms with Crippen molar-refractivity contribution >= 4 is 11.8 Å². The largest absolute Gasteiger partial charge is 0.356 e. The fraction of sp³-hybridized carbons (Fsp3) is 0.818. The Balaban J connectivity index is 3.61. The van der Waals surface area contributed by atoms with E-state index in [1.165, 1.54) is 0 Å². The molecule has 5 heteroatoms. The summed E-state index contributed by atoms with van der Waals surface area (Å²) in [5.74, 6) is -0.214. The molecule has 0 saturated carbocycles. The Labute approximate surface area is 97.2 Å². The Morgan fingerprint density at radius 3 is 2.06 bits per heavy atom. The van der Waals surface area contributed by atoms with Gasteiger partial charge in [-0.3, -0.25) is 9.59 Å². The Kier molecular flexibility index (Phi) is 6.72. The van der Waals surface area contributed by atoms with Crippen molar-refractivity contribution in [3.8, 4) is 0 Å². The van der Waals surface area contributed by atoms with Crippen LogP contribution in [0, 0.1) is 0 Å². The third-order valence-electron chi connectivity index (χ3n) is 1.89. The van der Waals surface area contributed by atoms with Gasteiger partial charge >= 0.3 is 0 Å². The molecule has 0 radical (unpaired) electrons. The summed E-state index contributed by atoms with van der Waals surface area (Å²) < 4.78 is 0. The van der Waals surface area contributed by atoms with Crippen molar-refractivity contribution in [2.75, 3.05) is 13.1 Å². The number of hydrogen-bond donors (Lipinski definition) is 3. The maximum atomic E-state index is 11.3. The molecule has 5 nitrogen and oxygen atoms in total. The second-order valence-corrected chi connectivity index (χ2v) is 4.62. The number of nitrogens with two attached hydrogens (primary N) is 1. The Morgan fingerprint density at radius 1 is 1.12 bits per heavy atom. The average molecular weight is 229 g/mol. The predicted octanol–water partition coefficient (Wildman–Crippen LogP) is 0.146. The minimum Gasteiger partial charge on any atom is -0.356 e. The van der Waals surface area contributed by atoms with E-state index in [0.29, 0.717) is 13.1 Å². The monoisotopic (exact) mass is 229 g/mol. The second-order valence-electron chi connectivity index (χ2n) is 4.62. The molecule has 0 aliphatic rings. The normalized spacial score (nSPS) is 11.0. The molecule has 0 atom stereocenters. The zero-order valence-electron chi connectivity index (χ0n) is 10.4. The van der Waals surface area contributed by atoms with Gasteiger partial charge in [0.15, 0.2) is 0 Å². The van der Waals surface area contributed by atoms with Crippen LogP contribution in [0.5, 0.6) is 0 Å². The van der Waals surface area contributed by atoms with Crippen LogP contribution in [0.4, 0.5) is 0 Å². The molecule has 4 N–H and O–H groups in total. The second kappa shape index (κ2) is 7.22. The maximum Gasteiger partial charge on any atom is 0.220 e. The first kappa shape index (κ1) is 14.9. The van der Waals surface area contributed by atoms with Crippen molar-refractivity contribution in [1.82, 2.24) is 10.6 Å². The van der Waals surface area contributed by atoms with Crippen molar-refractivity contribution in [3.63, 3.8) is 0 Å². The van der Waals surface area contributed by atoms with Gasteiger partial charge in [0.1, 0.15) is 0 Å². The van der Waals surface area contributed by atoms with Gasteiger partial charge in [-0.1, -0.05) is 6.92 Å². The first-order valence-corrected chi connectivity index (χ1v) is 5.67. The minimum absolute atomic E-state index is 0.0796. The Morgan fingerprint density at radius 2 is 1.62 bits per heavy atom. The highest BCUT2D eigenvalue weighted by molar-refractivity contribution is 5.83. The number of hydrogen-bond acceptors (Lipinski definition) is 3. The van der Waals surface area contributed by atoms with Crippen LogP contribution in [0.1, 0.15) is 40.0 Å². The van der Waals surface area contributed by atoms with E-state index in [1.807, 2.05) is 20.8 Å². The zero-order valence-corrected chi connectivity index (χ0v) is 10.4. The molecule has 0 rings (SSSR count). The summed E-state index contributed by atoms with van der Waals surface area (Å²) in [6.07, 6.45) is 1.35. The van der Waals surface area contributed by atoms with E-state index in [2.05, 4.69) is 10.6 Å². The summed E-state index contributed by atoms with van der Waals surface area (Å²) >= 11 is 0. The van der Waals surface area contributed by atoms with E-state index in [9.17, 15) is 9.59 Å². The summed E-state index contributed by atoms with van der Waals surface area (Å²) in [6.45, 7) is 6.73. The highest BCUT2D eigenvalue weighted by atomic mass is 16.2. The topological polar surface area (TPSA) is 84.2 Å². The van der Waals surface area contributed by atoms with E-state index >= 15 is 0 Å². The van der Waals surface area contributed by atoms with Crippen LogP contribution in [0.2, 0.25) is 0 Å². The lowest BCUT2D eigenvalue weighted by atomic mass is 10.1. The van der Waals surface area contributed by atoms with Crippen LogP contribution in [0.25, 0.3) is 0 Å². The zero-order chi connectivity index (χ0) is 12.6. The predicted molar refractivity (Wildman–Crippen MR) is 63.8 cm³/mol. The fourth-order valence-electron chi connectivity index (χ4n) is 0.995. The first-order valence-electron chi connectivity index (χ1n) is 5.67. The van der Waals surface area contributed by atoms with E-state index in [1.54, 1.807) is 0 Å². The SMILES string of the molecule is CCCNC(=O)CCC(=O)NCC(C)(C)N. The summed E-state index contributed by atoms with van der Waals surface area (Å²) in [7, 11) is 0. The number of amides is 2. The lowest BCUT2D eigenvalue weighted by Gasteiger charge is -2.18. The van der Waals surface area contributed by atoms with Gasteiger partial charge in [-0.25, -0.2) is 0 Å². The summed E-state index contributed by atoms with van der Waals surface area (Å²) in [4.78, 5) is 22.5. The molecule has 16 heavy (non-hydrogen) atoms. The van der Waals surface area contributed by atoms with Crippen LogP contribution < -0.4 is 16.4 Å². The van der Waals surface area contributed by atoms with Crippen LogP contribution in [0.3, 0.4) is 0 Å². The molecule has 0 spiro atoms. The summed E-state index contributed by atoms with van der Waals surface area (Å²) in [6, 6.07) is 0. The number of carbonyl (C=O) groups is 2. The van der Waals surface area contributed by atoms with Gasteiger partial charge in [0.25, 0.3) is 0 Å². The van der Waals surface area contributed by atoms with Gasteiger partial charge in [-0.2, -0.15) is 0 Å². The summed E-state index contributed by atoms with van der Waals surface area (Å²) in [5.41, 5.74) is 5.29. The average Bonchev–Trinajstić information content (AvgIpc) is 2.19. The molecular weight excluding hydrogens is 206 g/mol. The van der Waals surface area contributed by atoms with Crippen molar-refractivity contribution in [1.29, 1.82) is 0 Å². The van der Waals surface area contributed by atoms with Crippen LogP contribution in [-0.4, -0.2) is 30.4 Å². The molecule has 2 amide bonds. The Bertz CT molecular complexity index is 234. The highest BCUT2D eigenvalue weighted by Crippen LogP contribution is 1.95. The number of rotatable bonds is 7. The molecule has 0 heterocycles. The number of carbonyl (C=O) groups excluding carboxylic acids is 2. The van der Waals surface area contributed by atoms with Gasteiger partial charge in [0, 0.05) is 31.5 Å². The standard InChI is InChI=1S/C11H23N3O2/c1-4-7-13-9(15)5-6-10(16)14-8-11(2,3)12/h4-8,12H2,1-3H3,(H,13,15)(H,14,16). The molecule has 94 valence electrons. The van der Waals surface area contributed by atoms with Crippen LogP contribution >= 0.6 is 0 Å². The van der Waals surface area contributed by atoms with Crippen molar-refractivity contribution in [3.05, 3.63) is 0 Å². The van der Waals surface area contributed by atoms with Crippen LogP contribution in [0.15, 0.2) is 0 Å². The van der Waals surface area contributed by atoms with Crippen molar-refractivity contribution in [2.45, 2.75) is 45.6 Å². The lowest BCUT2D eigenvalue weighted by Crippen LogP contribution is -2.45. The summed E-state index contributed by atoms with van der Waals surface area (Å²) in [5, 5.41) is 5.41. The maximum absolute atomic E-state index is 11.3. The molecule has 0 aromatic rings. The molecule has 0 aromatic heterocycles. The van der Waals surface area contributed by atoms with Crippen LogP contribution in [-0.2, 0) is 9.59 Å². The Hall–Kier alpha value is -1.10. The fourth-order valence-corrected chi connectivity index (χ4v) is 0.995. The highest BCUT2D eigenvalue weighted by Gasteiger charge is 2.12. The van der Waals surface area contributed by atoms with E-state index < -0.39 is 5.54 Å². The van der Waals surface area contributed by atoms with Gasteiger partial charge in [0.05, 0.1) is 0 Å². The molecule has 0 aliphatic heterocycles. The molecule has 0 unspecified atom stereocenters. The number of nitrogens with one attached hydrogen (secondary N) is 2. The quantitative estimate of drug-likeness (QED) is 0.581. The lowest BCUT2D eigenvalue weighted by molar-refractivity contribution is -0.126. The third kappa shape index (κ3) is 9.45. The molecule has 0 aliphatic carbocycles. The van der Waals surface area contributed by atoms with Crippen molar-refractivity contribution in [2.24, 2.45) is 5.73 Å². The van der Waals surface area contributed by atoms with Gasteiger partial charge in [-0.05, 0) is 20.3 Å². The first-order chi connectivity index (χ1) is 7.35. The molecular formula is C11H23N3O2. The molecule has 0 fully saturated rings. The molecule has 0 saturated heterocycles. The molecule has 0 bridgehead atoms. The van der Waals surface area contributed by atoms with E-state index in [-0.39, 0.29) is 24.7 Å². The van der Waals surface area contributed by atoms with Gasteiger partial charge < -0.3 is 16.4 Å².